The minimum atomic E-state index is 0.282. The second-order valence-electron chi connectivity index (χ2n) is 12.2. The molecule has 0 radical (unpaired) electrons. The summed E-state index contributed by atoms with van der Waals surface area (Å²) in [5.74, 6) is 5.12. The predicted molar refractivity (Wildman–Crippen MR) is 129 cm³/mol. The average molecular weight is 427 g/mol. The van der Waals surface area contributed by atoms with E-state index in [-0.39, 0.29) is 12.0 Å². The fraction of sp³-hybridized carbons (Fsp3) is 0.828. The Hall–Kier alpha value is -0.890. The van der Waals surface area contributed by atoms with Gasteiger partial charge in [-0.2, -0.15) is 0 Å². The van der Waals surface area contributed by atoms with Crippen LogP contribution >= 0.6 is 0 Å². The molecular formula is C29H46O2. The van der Waals surface area contributed by atoms with E-state index in [0.717, 1.165) is 49.4 Å². The van der Waals surface area contributed by atoms with Crippen molar-refractivity contribution in [1.82, 2.24) is 0 Å². The van der Waals surface area contributed by atoms with Crippen LogP contribution in [0.3, 0.4) is 0 Å². The van der Waals surface area contributed by atoms with Gasteiger partial charge in [0.2, 0.25) is 0 Å². The minimum absolute atomic E-state index is 0.282. The molecular weight excluding hydrogens is 380 g/mol. The third kappa shape index (κ3) is 3.90. The van der Waals surface area contributed by atoms with Crippen molar-refractivity contribution in [3.05, 3.63) is 23.8 Å². The summed E-state index contributed by atoms with van der Waals surface area (Å²) in [5, 5.41) is 9.58. The van der Waals surface area contributed by atoms with Gasteiger partial charge < -0.3 is 5.11 Å². The summed E-state index contributed by atoms with van der Waals surface area (Å²) in [5.41, 5.74) is 2.25. The lowest BCUT2D eigenvalue weighted by atomic mass is 9.46. The van der Waals surface area contributed by atoms with Gasteiger partial charge in [-0.1, -0.05) is 52.3 Å². The van der Waals surface area contributed by atoms with Gasteiger partial charge in [-0.05, 0) is 110 Å². The normalized spacial score (nSPS) is 43.0. The van der Waals surface area contributed by atoms with Crippen LogP contribution in [0, 0.1) is 52.3 Å². The van der Waals surface area contributed by atoms with Crippen molar-refractivity contribution >= 4 is 5.78 Å². The lowest BCUT2D eigenvalue weighted by molar-refractivity contribution is -0.117. The van der Waals surface area contributed by atoms with Gasteiger partial charge in [0, 0.05) is 13.0 Å². The zero-order valence-electron chi connectivity index (χ0n) is 20.7. The van der Waals surface area contributed by atoms with Crippen LogP contribution in [0.25, 0.3) is 0 Å². The lowest BCUT2D eigenvalue weighted by Crippen LogP contribution is -2.50. The number of fused-ring (bicyclic) bond motifs is 5. The van der Waals surface area contributed by atoms with E-state index in [1.807, 2.05) is 6.08 Å². The van der Waals surface area contributed by atoms with Gasteiger partial charge in [-0.3, -0.25) is 4.79 Å². The summed E-state index contributed by atoms with van der Waals surface area (Å²) in [4.78, 5) is 12.1. The molecule has 0 bridgehead atoms. The fourth-order valence-corrected chi connectivity index (χ4v) is 8.78. The number of ketones is 1. The van der Waals surface area contributed by atoms with Gasteiger partial charge in [0.05, 0.1) is 0 Å². The van der Waals surface area contributed by atoms with Crippen molar-refractivity contribution in [3.8, 4) is 0 Å². The highest BCUT2D eigenvalue weighted by atomic mass is 16.3. The first-order valence-corrected chi connectivity index (χ1v) is 13.3. The molecule has 1 unspecified atom stereocenters. The molecule has 4 aliphatic carbocycles. The van der Waals surface area contributed by atoms with E-state index in [2.05, 4.69) is 46.8 Å². The SMILES string of the molecule is CC[C@H](C=C[C@@H](C)[C@H]1CC[C@H]2[C@@H]3CCC4=CC(=O)CC[C@]4(C)[C@H]3CC[C@]12C)C(C)CO. The maximum absolute atomic E-state index is 12.1. The average Bonchev–Trinajstić information content (AvgIpc) is 3.11. The van der Waals surface area contributed by atoms with Gasteiger partial charge in [0.15, 0.2) is 5.78 Å². The van der Waals surface area contributed by atoms with E-state index in [1.165, 1.54) is 37.7 Å². The summed E-state index contributed by atoms with van der Waals surface area (Å²) in [7, 11) is 0. The van der Waals surface area contributed by atoms with Crippen LogP contribution < -0.4 is 0 Å². The molecule has 4 rings (SSSR count). The molecule has 0 aliphatic heterocycles. The van der Waals surface area contributed by atoms with E-state index in [0.29, 0.717) is 29.0 Å². The summed E-state index contributed by atoms with van der Waals surface area (Å²) < 4.78 is 0. The Morgan fingerprint density at radius 2 is 1.84 bits per heavy atom. The zero-order valence-corrected chi connectivity index (χ0v) is 20.7. The van der Waals surface area contributed by atoms with Crippen LogP contribution in [0.1, 0.15) is 92.4 Å². The third-order valence-corrected chi connectivity index (χ3v) is 10.8. The molecule has 0 aromatic heterocycles. The Kier molecular flexibility index (Phi) is 6.61. The van der Waals surface area contributed by atoms with Gasteiger partial charge in [-0.15, -0.1) is 0 Å². The first-order valence-electron chi connectivity index (χ1n) is 13.3. The molecule has 2 nitrogen and oxygen atoms in total. The number of carbonyl (C=O) groups is 1. The quantitative estimate of drug-likeness (QED) is 0.465. The molecule has 2 heteroatoms. The minimum Gasteiger partial charge on any atom is -0.396 e. The van der Waals surface area contributed by atoms with Crippen LogP contribution in [0.4, 0.5) is 0 Å². The Bertz CT molecular complexity index is 735. The molecule has 174 valence electrons. The molecule has 0 spiro atoms. The van der Waals surface area contributed by atoms with E-state index in [4.69, 9.17) is 0 Å². The largest absolute Gasteiger partial charge is 0.396 e. The zero-order chi connectivity index (χ0) is 22.4. The first-order chi connectivity index (χ1) is 14.7. The molecule has 3 fully saturated rings. The molecule has 0 aromatic carbocycles. The van der Waals surface area contributed by atoms with Gasteiger partial charge in [0.25, 0.3) is 0 Å². The van der Waals surface area contributed by atoms with Crippen LogP contribution in [0.5, 0.6) is 0 Å². The molecule has 31 heavy (non-hydrogen) atoms. The van der Waals surface area contributed by atoms with Crippen molar-refractivity contribution in [2.75, 3.05) is 6.61 Å². The highest BCUT2D eigenvalue weighted by Gasteiger charge is 2.59. The van der Waals surface area contributed by atoms with E-state index < -0.39 is 0 Å². The number of carbonyl (C=O) groups excluding carboxylic acids is 1. The Balaban J connectivity index is 1.51. The Labute approximate surface area is 191 Å². The maximum Gasteiger partial charge on any atom is 0.155 e. The van der Waals surface area contributed by atoms with Crippen LogP contribution in [0.15, 0.2) is 23.8 Å². The number of rotatable bonds is 6. The summed E-state index contributed by atoms with van der Waals surface area (Å²) in [6.45, 7) is 12.3. The summed E-state index contributed by atoms with van der Waals surface area (Å²) in [6.07, 6.45) is 17.9. The number of aliphatic hydroxyl groups is 1. The number of allylic oxidation sites excluding steroid dienone is 3. The van der Waals surface area contributed by atoms with Gasteiger partial charge in [0.1, 0.15) is 0 Å². The van der Waals surface area contributed by atoms with E-state index >= 15 is 0 Å². The highest BCUT2D eigenvalue weighted by Crippen LogP contribution is 2.67. The highest BCUT2D eigenvalue weighted by molar-refractivity contribution is 5.91. The molecule has 0 heterocycles. The van der Waals surface area contributed by atoms with Crippen LogP contribution in [0.2, 0.25) is 0 Å². The number of aliphatic hydroxyl groups excluding tert-OH is 1. The topological polar surface area (TPSA) is 37.3 Å². The Morgan fingerprint density at radius 3 is 2.55 bits per heavy atom. The van der Waals surface area contributed by atoms with Crippen LogP contribution in [-0.4, -0.2) is 17.5 Å². The Morgan fingerprint density at radius 1 is 1.06 bits per heavy atom. The first kappa shape index (κ1) is 23.3. The molecule has 1 N–H and O–H groups in total. The lowest BCUT2D eigenvalue weighted by Gasteiger charge is -2.58. The summed E-state index contributed by atoms with van der Waals surface area (Å²) >= 11 is 0. The monoisotopic (exact) mass is 426 g/mol. The smallest absolute Gasteiger partial charge is 0.155 e. The third-order valence-electron chi connectivity index (χ3n) is 10.8. The standard InChI is InChI=1S/C29H46O2/c1-6-21(20(3)18-30)8-7-19(2)25-11-12-26-24-10-9-22-17-23(31)13-15-28(22,4)27(24)14-16-29(25,26)5/h7-8,17,19-21,24-27,30H,6,9-16,18H2,1-5H3/t19-,20?,21-,24+,25-,26+,27+,28+,29-/m1/s1. The molecule has 0 amide bonds. The molecule has 0 aromatic rings. The van der Waals surface area contributed by atoms with Crippen molar-refractivity contribution in [2.24, 2.45) is 52.3 Å². The maximum atomic E-state index is 12.1. The van der Waals surface area contributed by atoms with Crippen molar-refractivity contribution < 1.29 is 9.90 Å². The van der Waals surface area contributed by atoms with Gasteiger partial charge >= 0.3 is 0 Å². The molecule has 9 atom stereocenters. The van der Waals surface area contributed by atoms with Crippen molar-refractivity contribution in [2.45, 2.75) is 92.4 Å². The molecule has 0 saturated heterocycles. The van der Waals surface area contributed by atoms with Gasteiger partial charge in [-0.25, -0.2) is 0 Å². The second kappa shape index (κ2) is 8.81. The fourth-order valence-electron chi connectivity index (χ4n) is 8.78. The van der Waals surface area contributed by atoms with E-state index in [1.54, 1.807) is 0 Å². The molecule has 4 aliphatic rings. The second-order valence-corrected chi connectivity index (χ2v) is 12.2. The molecule has 3 saturated carbocycles. The number of hydrogen-bond donors (Lipinski definition) is 1. The van der Waals surface area contributed by atoms with E-state index in [9.17, 15) is 9.90 Å². The van der Waals surface area contributed by atoms with Crippen molar-refractivity contribution in [3.63, 3.8) is 0 Å². The number of hydrogen-bond acceptors (Lipinski definition) is 2. The van der Waals surface area contributed by atoms with Crippen molar-refractivity contribution in [1.29, 1.82) is 0 Å². The van der Waals surface area contributed by atoms with Crippen LogP contribution in [-0.2, 0) is 4.79 Å². The summed E-state index contributed by atoms with van der Waals surface area (Å²) in [6, 6.07) is 0. The predicted octanol–water partition coefficient (Wildman–Crippen LogP) is 6.98.